The fraction of sp³-hybridized carbons (Fsp3) is 0.222. The van der Waals surface area contributed by atoms with E-state index in [0.717, 1.165) is 0 Å². The number of hydrogen-bond acceptors (Lipinski definition) is 5. The minimum Gasteiger partial charge on any atom is -0.481 e. The lowest BCUT2D eigenvalue weighted by atomic mass is 10.0. The number of carbonyl (C=O) groups is 1. The molecule has 0 radical (unpaired) electrons. The van der Waals surface area contributed by atoms with Crippen molar-refractivity contribution >= 4 is 11.7 Å². The normalized spacial score (nSPS) is 10.1. The minimum atomic E-state index is -3.27. The molecule has 0 aromatic carbocycles. The van der Waals surface area contributed by atoms with Gasteiger partial charge in [-0.2, -0.15) is 5.26 Å². The molecule has 1 aromatic heterocycles. The van der Waals surface area contributed by atoms with Crippen LogP contribution in [0.3, 0.4) is 0 Å². The number of nitriles is 1. The number of nitrogens with zero attached hydrogens (tertiary/aromatic N) is 3. The van der Waals surface area contributed by atoms with Gasteiger partial charge in [0.05, 0.1) is 11.3 Å². The monoisotopic (exact) mass is 257 g/mol. The molecular weight excluding hydrogens is 252 g/mol. The average Bonchev–Trinajstić information content (AvgIpc) is 2.26. The van der Waals surface area contributed by atoms with Crippen LogP contribution in [0, 0.1) is 21.4 Å². The van der Waals surface area contributed by atoms with Crippen LogP contribution in [-0.2, 0) is 11.2 Å². The second-order valence-corrected chi connectivity index (χ2v) is 3.12. The van der Waals surface area contributed by atoms with E-state index < -0.39 is 46.2 Å². The Balaban J connectivity index is 3.59. The summed E-state index contributed by atoms with van der Waals surface area (Å²) in [6.07, 6.45) is -3.68. The number of rotatable bonds is 4. The summed E-state index contributed by atoms with van der Waals surface area (Å²) in [6.45, 7) is 0. The van der Waals surface area contributed by atoms with Crippen LogP contribution in [0.15, 0.2) is 6.20 Å². The fourth-order valence-corrected chi connectivity index (χ4v) is 1.37. The van der Waals surface area contributed by atoms with Crippen molar-refractivity contribution in [1.82, 2.24) is 4.98 Å². The third-order valence-corrected chi connectivity index (χ3v) is 2.05. The highest BCUT2D eigenvalue weighted by molar-refractivity contribution is 5.72. The molecular formula is C9H5F2N3O4. The molecule has 0 atom stereocenters. The van der Waals surface area contributed by atoms with Crippen molar-refractivity contribution in [2.75, 3.05) is 0 Å². The molecule has 1 rings (SSSR count). The molecule has 1 heterocycles. The molecule has 0 amide bonds. The first-order chi connectivity index (χ1) is 8.38. The van der Waals surface area contributed by atoms with Crippen LogP contribution >= 0.6 is 0 Å². The zero-order valence-electron chi connectivity index (χ0n) is 8.63. The number of carboxylic acids is 1. The molecule has 0 bridgehead atoms. The summed E-state index contributed by atoms with van der Waals surface area (Å²) in [5.74, 6) is -1.49. The number of alkyl halides is 2. The summed E-state index contributed by atoms with van der Waals surface area (Å²) in [5, 5.41) is 27.8. The topological polar surface area (TPSA) is 117 Å². The molecule has 0 unspecified atom stereocenters. The Morgan fingerprint density at radius 2 is 2.28 bits per heavy atom. The summed E-state index contributed by atoms with van der Waals surface area (Å²) >= 11 is 0. The van der Waals surface area contributed by atoms with E-state index in [-0.39, 0.29) is 0 Å². The van der Waals surface area contributed by atoms with Crippen molar-refractivity contribution < 1.29 is 23.6 Å². The number of aromatic nitrogens is 1. The maximum absolute atomic E-state index is 12.8. The molecule has 1 N–H and O–H groups in total. The van der Waals surface area contributed by atoms with Gasteiger partial charge in [0.2, 0.25) is 0 Å². The van der Waals surface area contributed by atoms with Crippen molar-refractivity contribution in [3.05, 3.63) is 33.1 Å². The van der Waals surface area contributed by atoms with Crippen molar-refractivity contribution in [3.63, 3.8) is 0 Å². The van der Waals surface area contributed by atoms with Crippen molar-refractivity contribution in [3.8, 4) is 6.07 Å². The first kappa shape index (κ1) is 13.4. The molecule has 0 saturated carbocycles. The van der Waals surface area contributed by atoms with Gasteiger partial charge in [-0.15, -0.1) is 0 Å². The first-order valence-corrected chi connectivity index (χ1v) is 4.44. The lowest BCUT2D eigenvalue weighted by Gasteiger charge is -2.08. The van der Waals surface area contributed by atoms with Crippen LogP contribution in [0.25, 0.3) is 0 Å². The van der Waals surface area contributed by atoms with Gasteiger partial charge in [0.25, 0.3) is 12.1 Å². The molecule has 9 heteroatoms. The van der Waals surface area contributed by atoms with Gasteiger partial charge in [-0.3, -0.25) is 14.9 Å². The van der Waals surface area contributed by atoms with Crippen LogP contribution in [0.2, 0.25) is 0 Å². The van der Waals surface area contributed by atoms with Crippen molar-refractivity contribution in [2.24, 2.45) is 0 Å². The summed E-state index contributed by atoms with van der Waals surface area (Å²) in [5.41, 5.74) is -3.26. The highest BCUT2D eigenvalue weighted by Crippen LogP contribution is 2.33. The van der Waals surface area contributed by atoms with E-state index in [9.17, 15) is 23.7 Å². The van der Waals surface area contributed by atoms with Crippen molar-refractivity contribution in [1.29, 1.82) is 5.26 Å². The van der Waals surface area contributed by atoms with Crippen LogP contribution in [-0.4, -0.2) is 21.0 Å². The van der Waals surface area contributed by atoms with Gasteiger partial charge in [-0.05, 0) is 0 Å². The molecule has 0 aliphatic heterocycles. The lowest BCUT2D eigenvalue weighted by molar-refractivity contribution is -0.386. The maximum Gasteiger partial charge on any atom is 0.307 e. The summed E-state index contributed by atoms with van der Waals surface area (Å²) in [4.78, 5) is 23.3. The Morgan fingerprint density at radius 1 is 1.67 bits per heavy atom. The van der Waals surface area contributed by atoms with E-state index >= 15 is 0 Å². The van der Waals surface area contributed by atoms with Gasteiger partial charge < -0.3 is 5.11 Å². The number of nitro groups is 1. The Bertz CT molecular complexity index is 553. The highest BCUT2D eigenvalue weighted by Gasteiger charge is 2.29. The molecule has 0 aliphatic carbocycles. The molecule has 18 heavy (non-hydrogen) atoms. The highest BCUT2D eigenvalue weighted by atomic mass is 19.3. The molecule has 0 spiro atoms. The van der Waals surface area contributed by atoms with E-state index in [0.29, 0.717) is 6.20 Å². The largest absolute Gasteiger partial charge is 0.481 e. The molecule has 94 valence electrons. The van der Waals surface area contributed by atoms with Crippen molar-refractivity contribution in [2.45, 2.75) is 12.8 Å². The Labute approximate surface area is 98.4 Å². The second-order valence-electron chi connectivity index (χ2n) is 3.12. The number of aliphatic carboxylic acids is 1. The quantitative estimate of drug-likeness (QED) is 0.643. The molecule has 0 aliphatic rings. The third-order valence-electron chi connectivity index (χ3n) is 2.05. The summed E-state index contributed by atoms with van der Waals surface area (Å²) in [6, 6.07) is 1.43. The molecule has 0 saturated heterocycles. The third kappa shape index (κ3) is 2.54. The molecule has 0 fully saturated rings. The minimum absolute atomic E-state index is 0.519. The average molecular weight is 257 g/mol. The van der Waals surface area contributed by atoms with E-state index in [4.69, 9.17) is 10.4 Å². The smallest absolute Gasteiger partial charge is 0.307 e. The standard InChI is InChI=1S/C9H5F2N3O4/c10-9(11)8-4(1-7(15)16)5(2-12)13-3-6(8)14(17)18/h3,9H,1H2,(H,15,16). The number of hydrogen-bond donors (Lipinski definition) is 1. The van der Waals surface area contributed by atoms with Gasteiger partial charge in [0, 0.05) is 5.56 Å². The zero-order chi connectivity index (χ0) is 13.9. The first-order valence-electron chi connectivity index (χ1n) is 4.44. The van der Waals surface area contributed by atoms with Crippen LogP contribution in [0.1, 0.15) is 23.2 Å². The predicted molar refractivity (Wildman–Crippen MR) is 51.9 cm³/mol. The van der Waals surface area contributed by atoms with Gasteiger partial charge in [0.15, 0.2) is 0 Å². The fourth-order valence-electron chi connectivity index (χ4n) is 1.37. The summed E-state index contributed by atoms with van der Waals surface area (Å²) < 4.78 is 25.6. The van der Waals surface area contributed by atoms with E-state index in [2.05, 4.69) is 4.98 Å². The number of carboxylic acid groups (broad SMARTS) is 1. The number of halogens is 2. The van der Waals surface area contributed by atoms with Gasteiger partial charge in [-0.25, -0.2) is 13.8 Å². The molecule has 1 aromatic rings. The van der Waals surface area contributed by atoms with Crippen LogP contribution < -0.4 is 0 Å². The lowest BCUT2D eigenvalue weighted by Crippen LogP contribution is -2.10. The van der Waals surface area contributed by atoms with Crippen LogP contribution in [0.5, 0.6) is 0 Å². The summed E-state index contributed by atoms with van der Waals surface area (Å²) in [7, 11) is 0. The van der Waals surface area contributed by atoms with Gasteiger partial charge >= 0.3 is 5.97 Å². The second kappa shape index (κ2) is 5.13. The Kier molecular flexibility index (Phi) is 3.83. The van der Waals surface area contributed by atoms with Crippen LogP contribution in [0.4, 0.5) is 14.5 Å². The van der Waals surface area contributed by atoms with Gasteiger partial charge in [-0.1, -0.05) is 0 Å². The maximum atomic E-state index is 12.8. The molecule has 7 nitrogen and oxygen atoms in total. The van der Waals surface area contributed by atoms with E-state index in [1.165, 1.54) is 6.07 Å². The Hall–Kier alpha value is -2.63. The zero-order valence-corrected chi connectivity index (χ0v) is 8.63. The van der Waals surface area contributed by atoms with E-state index in [1.54, 1.807) is 0 Å². The predicted octanol–water partition coefficient (Wildman–Crippen LogP) is 1.43. The van der Waals surface area contributed by atoms with Gasteiger partial charge in [0.1, 0.15) is 23.5 Å². The van der Waals surface area contributed by atoms with E-state index in [1.807, 2.05) is 0 Å². The Morgan fingerprint density at radius 3 is 2.67 bits per heavy atom. The SMILES string of the molecule is N#Cc1ncc([N+](=O)[O-])c(C(F)F)c1CC(=O)O. The number of pyridine rings is 1.